The molecule has 0 unspecified atom stereocenters. The molecule has 0 saturated heterocycles. The van der Waals surface area contributed by atoms with Gasteiger partial charge in [-0.2, -0.15) is 0 Å². The standard InChI is InChI=1S/C26H26ClN5OS/c1-17-8-12-22(13-9-17)32-24(15-28-25(33)29-21-11-10-19(3)23(27)14-21)30-31-26(32)34-16-20-7-5-4-6-18(20)2/h4-14H,15-16H2,1-3H3,(H2,28,29,33). The average Bonchev–Trinajstić information content (AvgIpc) is 3.23. The lowest BCUT2D eigenvalue weighted by Crippen LogP contribution is -2.29. The number of hydrogen-bond acceptors (Lipinski definition) is 4. The van der Waals surface area contributed by atoms with Gasteiger partial charge in [0, 0.05) is 22.2 Å². The van der Waals surface area contributed by atoms with Gasteiger partial charge in [0.1, 0.15) is 0 Å². The Hall–Kier alpha value is -3.29. The van der Waals surface area contributed by atoms with Crippen molar-refractivity contribution >= 4 is 35.1 Å². The van der Waals surface area contributed by atoms with Crippen LogP contribution in [0.25, 0.3) is 5.69 Å². The number of nitrogens with zero attached hydrogens (tertiary/aromatic N) is 3. The van der Waals surface area contributed by atoms with Crippen LogP contribution >= 0.6 is 23.4 Å². The summed E-state index contributed by atoms with van der Waals surface area (Å²) in [5.41, 5.74) is 6.19. The van der Waals surface area contributed by atoms with Crippen molar-refractivity contribution in [2.24, 2.45) is 0 Å². The molecule has 0 spiro atoms. The van der Waals surface area contributed by atoms with E-state index in [1.54, 1.807) is 17.8 Å². The van der Waals surface area contributed by atoms with Crippen molar-refractivity contribution < 1.29 is 4.79 Å². The van der Waals surface area contributed by atoms with Gasteiger partial charge in [-0.05, 0) is 61.7 Å². The molecule has 3 aromatic carbocycles. The summed E-state index contributed by atoms with van der Waals surface area (Å²) in [5.74, 6) is 1.42. The van der Waals surface area contributed by atoms with Crippen LogP contribution in [0.5, 0.6) is 0 Å². The van der Waals surface area contributed by atoms with E-state index in [2.05, 4.69) is 52.0 Å². The number of carbonyl (C=O) groups excluding carboxylic acids is 1. The zero-order valence-corrected chi connectivity index (χ0v) is 20.9. The minimum atomic E-state index is -0.340. The van der Waals surface area contributed by atoms with Gasteiger partial charge in [0.2, 0.25) is 0 Å². The zero-order chi connectivity index (χ0) is 24.1. The lowest BCUT2D eigenvalue weighted by atomic mass is 10.1. The van der Waals surface area contributed by atoms with Crippen molar-refractivity contribution in [3.05, 3.63) is 99.8 Å². The largest absolute Gasteiger partial charge is 0.331 e. The molecule has 34 heavy (non-hydrogen) atoms. The van der Waals surface area contributed by atoms with E-state index in [1.807, 2.05) is 54.8 Å². The third kappa shape index (κ3) is 5.79. The molecule has 0 aliphatic carbocycles. The number of thioether (sulfide) groups is 1. The van der Waals surface area contributed by atoms with Crippen LogP contribution < -0.4 is 10.6 Å². The molecular weight excluding hydrogens is 466 g/mol. The van der Waals surface area contributed by atoms with Gasteiger partial charge in [-0.3, -0.25) is 4.57 Å². The van der Waals surface area contributed by atoms with Gasteiger partial charge in [0.25, 0.3) is 0 Å². The quantitative estimate of drug-likeness (QED) is 0.291. The Morgan fingerprint density at radius 1 is 0.971 bits per heavy atom. The Morgan fingerprint density at radius 2 is 1.74 bits per heavy atom. The van der Waals surface area contributed by atoms with Gasteiger partial charge >= 0.3 is 6.03 Å². The number of halogens is 1. The maximum absolute atomic E-state index is 12.5. The Morgan fingerprint density at radius 3 is 2.47 bits per heavy atom. The van der Waals surface area contributed by atoms with Gasteiger partial charge < -0.3 is 10.6 Å². The molecular formula is C26H26ClN5OS. The van der Waals surface area contributed by atoms with Gasteiger partial charge in [-0.15, -0.1) is 10.2 Å². The Bertz CT molecular complexity index is 1300. The highest BCUT2D eigenvalue weighted by Crippen LogP contribution is 2.27. The van der Waals surface area contributed by atoms with Crippen molar-refractivity contribution in [3.63, 3.8) is 0 Å². The van der Waals surface area contributed by atoms with Crippen LogP contribution in [0.3, 0.4) is 0 Å². The highest BCUT2D eigenvalue weighted by Gasteiger charge is 2.16. The SMILES string of the molecule is Cc1ccc(-n2c(CNC(=O)Nc3ccc(C)c(Cl)c3)nnc2SCc2ccccc2C)cc1. The van der Waals surface area contributed by atoms with Crippen LogP contribution in [-0.4, -0.2) is 20.8 Å². The lowest BCUT2D eigenvalue weighted by molar-refractivity contribution is 0.251. The van der Waals surface area contributed by atoms with Crippen LogP contribution in [0.4, 0.5) is 10.5 Å². The molecule has 0 atom stereocenters. The summed E-state index contributed by atoms with van der Waals surface area (Å²) in [4.78, 5) is 12.5. The second-order valence-electron chi connectivity index (χ2n) is 8.06. The predicted octanol–water partition coefficient (Wildman–Crippen LogP) is 6.46. The molecule has 0 saturated carbocycles. The fraction of sp³-hybridized carbons (Fsp3) is 0.192. The van der Waals surface area contributed by atoms with Crippen LogP contribution in [0.15, 0.2) is 71.9 Å². The molecule has 2 N–H and O–H groups in total. The van der Waals surface area contributed by atoms with Gasteiger partial charge in [-0.25, -0.2) is 4.79 Å². The van der Waals surface area contributed by atoms with E-state index >= 15 is 0 Å². The monoisotopic (exact) mass is 491 g/mol. The van der Waals surface area contributed by atoms with Crippen molar-refractivity contribution in [1.29, 1.82) is 0 Å². The number of anilines is 1. The summed E-state index contributed by atoms with van der Waals surface area (Å²) in [6.45, 7) is 6.29. The number of nitrogens with one attached hydrogen (secondary N) is 2. The summed E-state index contributed by atoms with van der Waals surface area (Å²) in [6, 6.07) is 21.6. The van der Waals surface area contributed by atoms with Gasteiger partial charge in [-0.1, -0.05) is 71.4 Å². The molecule has 0 aliphatic heterocycles. The second kappa shape index (κ2) is 10.8. The Labute approximate surface area is 208 Å². The normalized spacial score (nSPS) is 10.8. The molecule has 4 aromatic rings. The molecule has 174 valence electrons. The van der Waals surface area contributed by atoms with Crippen molar-refractivity contribution in [3.8, 4) is 5.69 Å². The van der Waals surface area contributed by atoms with Crippen molar-refractivity contribution in [2.45, 2.75) is 38.2 Å². The topological polar surface area (TPSA) is 71.8 Å². The highest BCUT2D eigenvalue weighted by molar-refractivity contribution is 7.98. The lowest BCUT2D eigenvalue weighted by Gasteiger charge is -2.12. The first-order valence-electron chi connectivity index (χ1n) is 10.9. The number of hydrogen-bond donors (Lipinski definition) is 2. The smallest absolute Gasteiger partial charge is 0.319 e. The molecule has 0 fully saturated rings. The second-order valence-corrected chi connectivity index (χ2v) is 9.41. The summed E-state index contributed by atoms with van der Waals surface area (Å²) in [7, 11) is 0. The fourth-order valence-corrected chi connectivity index (χ4v) is 4.61. The number of rotatable bonds is 7. The first-order valence-corrected chi connectivity index (χ1v) is 12.3. The van der Waals surface area contributed by atoms with E-state index in [9.17, 15) is 4.79 Å². The number of benzene rings is 3. The summed E-state index contributed by atoms with van der Waals surface area (Å²) < 4.78 is 1.99. The third-order valence-electron chi connectivity index (χ3n) is 5.45. The average molecular weight is 492 g/mol. The van der Waals surface area contributed by atoms with Crippen molar-refractivity contribution in [2.75, 3.05) is 5.32 Å². The summed E-state index contributed by atoms with van der Waals surface area (Å²) in [6.07, 6.45) is 0. The Kier molecular flexibility index (Phi) is 7.55. The summed E-state index contributed by atoms with van der Waals surface area (Å²) >= 11 is 7.78. The maximum Gasteiger partial charge on any atom is 0.319 e. The van der Waals surface area contributed by atoms with Crippen LogP contribution in [0.1, 0.15) is 28.1 Å². The van der Waals surface area contributed by atoms with E-state index in [1.165, 1.54) is 16.7 Å². The van der Waals surface area contributed by atoms with Crippen LogP contribution in [0, 0.1) is 20.8 Å². The maximum atomic E-state index is 12.5. The molecule has 6 nitrogen and oxygen atoms in total. The zero-order valence-electron chi connectivity index (χ0n) is 19.3. The van der Waals surface area contributed by atoms with E-state index in [0.717, 1.165) is 22.2 Å². The highest BCUT2D eigenvalue weighted by atomic mass is 35.5. The van der Waals surface area contributed by atoms with E-state index in [-0.39, 0.29) is 12.6 Å². The predicted molar refractivity (Wildman–Crippen MR) is 139 cm³/mol. The molecule has 0 aliphatic rings. The number of amides is 2. The van der Waals surface area contributed by atoms with Gasteiger partial charge in [0.05, 0.1) is 6.54 Å². The number of aryl methyl sites for hydroxylation is 3. The van der Waals surface area contributed by atoms with E-state index in [4.69, 9.17) is 11.6 Å². The molecule has 1 heterocycles. The first-order chi connectivity index (χ1) is 16.4. The summed E-state index contributed by atoms with van der Waals surface area (Å²) in [5, 5.41) is 15.9. The molecule has 0 bridgehead atoms. The number of aromatic nitrogens is 3. The third-order valence-corrected chi connectivity index (χ3v) is 6.83. The minimum absolute atomic E-state index is 0.219. The van der Waals surface area contributed by atoms with Crippen LogP contribution in [-0.2, 0) is 12.3 Å². The fourth-order valence-electron chi connectivity index (χ4n) is 3.38. The van der Waals surface area contributed by atoms with E-state index < -0.39 is 0 Å². The number of carbonyl (C=O) groups is 1. The van der Waals surface area contributed by atoms with Gasteiger partial charge in [0.15, 0.2) is 11.0 Å². The van der Waals surface area contributed by atoms with Crippen molar-refractivity contribution in [1.82, 2.24) is 20.1 Å². The molecule has 8 heteroatoms. The molecule has 1 aromatic heterocycles. The molecule has 4 rings (SSSR count). The van der Waals surface area contributed by atoms with Crippen LogP contribution in [0.2, 0.25) is 5.02 Å². The first kappa shape index (κ1) is 23.9. The molecule has 2 amide bonds. The Balaban J connectivity index is 1.51. The number of urea groups is 1. The molecule has 0 radical (unpaired) electrons. The van der Waals surface area contributed by atoms with E-state index in [0.29, 0.717) is 16.5 Å². The minimum Gasteiger partial charge on any atom is -0.331 e.